The van der Waals surface area contributed by atoms with Crippen LogP contribution in [0.5, 0.6) is 0 Å². The number of rotatable bonds is 7. The number of anilines is 1. The second-order valence-corrected chi connectivity index (χ2v) is 10.5. The van der Waals surface area contributed by atoms with Crippen LogP contribution in [0.3, 0.4) is 0 Å². The van der Waals surface area contributed by atoms with E-state index in [1.54, 1.807) is 23.2 Å². The molecule has 0 aliphatic carbocycles. The van der Waals surface area contributed by atoms with Crippen LogP contribution < -0.4 is 9.62 Å². The van der Waals surface area contributed by atoms with Crippen molar-refractivity contribution in [1.29, 1.82) is 0 Å². The van der Waals surface area contributed by atoms with Gasteiger partial charge in [0.15, 0.2) is 0 Å². The molecule has 1 aliphatic rings. The first kappa shape index (κ1) is 23.3. The molecule has 11 heteroatoms. The fourth-order valence-electron chi connectivity index (χ4n) is 4.20. The van der Waals surface area contributed by atoms with Gasteiger partial charge in [0.1, 0.15) is 27.8 Å². The fraction of sp³-hybridized carbons (Fsp3) is 0.250. The van der Waals surface area contributed by atoms with Crippen molar-refractivity contribution in [2.45, 2.75) is 17.4 Å². The van der Waals surface area contributed by atoms with Crippen LogP contribution in [-0.2, 0) is 21.2 Å². The number of piperazine rings is 1. The number of fused-ring (bicyclic) bond motifs is 1. The van der Waals surface area contributed by atoms with Gasteiger partial charge < -0.3 is 9.80 Å². The molecular weight excluding hydrogens is 484 g/mol. The lowest BCUT2D eigenvalue weighted by Gasteiger charge is -2.37. The predicted molar refractivity (Wildman–Crippen MR) is 135 cm³/mol. The zero-order valence-electron chi connectivity index (χ0n) is 18.8. The Morgan fingerprint density at radius 1 is 0.943 bits per heavy atom. The average molecular weight is 509 g/mol. The fourth-order valence-corrected chi connectivity index (χ4v) is 6.15. The van der Waals surface area contributed by atoms with Gasteiger partial charge >= 0.3 is 0 Å². The second-order valence-electron chi connectivity index (χ2n) is 8.25. The minimum Gasteiger partial charge on any atom is -0.353 e. The van der Waals surface area contributed by atoms with Gasteiger partial charge in [0.25, 0.3) is 0 Å². The van der Waals surface area contributed by atoms with Gasteiger partial charge in [-0.05, 0) is 36.2 Å². The molecule has 1 fully saturated rings. The topological polar surface area (TPSA) is 108 Å². The van der Waals surface area contributed by atoms with Gasteiger partial charge in [0, 0.05) is 32.4 Å². The van der Waals surface area contributed by atoms with Crippen LogP contribution >= 0.6 is 11.7 Å². The highest BCUT2D eigenvalue weighted by atomic mass is 32.2. The zero-order chi connectivity index (χ0) is 24.3. The molecule has 0 bridgehead atoms. The third kappa shape index (κ3) is 5.16. The SMILES string of the molecule is O=C(C(Cc1ccccc1)NS(=O)(=O)c1cccc2nsnc12)N1CCN(c2ccccn2)CC1. The maximum absolute atomic E-state index is 13.6. The summed E-state index contributed by atoms with van der Waals surface area (Å²) in [5.74, 6) is 0.618. The van der Waals surface area contributed by atoms with Gasteiger partial charge in [-0.3, -0.25) is 4.79 Å². The number of pyridine rings is 1. The van der Waals surface area contributed by atoms with Crippen molar-refractivity contribution < 1.29 is 13.2 Å². The van der Waals surface area contributed by atoms with E-state index in [2.05, 4.69) is 23.4 Å². The summed E-state index contributed by atoms with van der Waals surface area (Å²) in [6, 6.07) is 19.0. The molecule has 35 heavy (non-hydrogen) atoms. The number of amides is 1. The van der Waals surface area contributed by atoms with Crippen LogP contribution in [0.4, 0.5) is 5.82 Å². The van der Waals surface area contributed by atoms with Crippen molar-refractivity contribution in [2.75, 3.05) is 31.1 Å². The summed E-state index contributed by atoms with van der Waals surface area (Å²) in [6.45, 7) is 2.21. The zero-order valence-corrected chi connectivity index (χ0v) is 20.5. The van der Waals surface area contributed by atoms with Crippen LogP contribution in [0.15, 0.2) is 77.8 Å². The van der Waals surface area contributed by atoms with E-state index in [-0.39, 0.29) is 17.2 Å². The number of nitrogens with zero attached hydrogens (tertiary/aromatic N) is 5. The van der Waals surface area contributed by atoms with Crippen molar-refractivity contribution in [1.82, 2.24) is 23.4 Å². The van der Waals surface area contributed by atoms with E-state index in [4.69, 9.17) is 0 Å². The molecule has 3 heterocycles. The summed E-state index contributed by atoms with van der Waals surface area (Å²) in [5.41, 5.74) is 1.68. The third-order valence-corrected chi connectivity index (χ3v) is 8.03. The maximum atomic E-state index is 13.6. The normalized spacial score (nSPS) is 15.3. The largest absolute Gasteiger partial charge is 0.353 e. The minimum absolute atomic E-state index is 0.0228. The molecule has 1 N–H and O–H groups in total. The Morgan fingerprint density at radius 2 is 1.71 bits per heavy atom. The molecule has 2 aromatic heterocycles. The third-order valence-electron chi connectivity index (χ3n) is 5.98. The van der Waals surface area contributed by atoms with E-state index >= 15 is 0 Å². The van der Waals surface area contributed by atoms with Gasteiger partial charge in [0.05, 0.1) is 11.7 Å². The highest BCUT2D eigenvalue weighted by Crippen LogP contribution is 2.22. The van der Waals surface area contributed by atoms with E-state index in [0.29, 0.717) is 37.2 Å². The molecule has 2 aromatic carbocycles. The number of hydrogen-bond donors (Lipinski definition) is 1. The van der Waals surface area contributed by atoms with Crippen LogP contribution in [0.2, 0.25) is 0 Å². The number of benzene rings is 2. The number of aromatic nitrogens is 3. The molecule has 1 atom stereocenters. The first-order valence-electron chi connectivity index (χ1n) is 11.2. The Hall–Kier alpha value is -3.41. The summed E-state index contributed by atoms with van der Waals surface area (Å²) in [7, 11) is -4.03. The predicted octanol–water partition coefficient (Wildman–Crippen LogP) is 2.32. The summed E-state index contributed by atoms with van der Waals surface area (Å²) >= 11 is 0.955. The van der Waals surface area contributed by atoms with Crippen molar-refractivity contribution in [2.24, 2.45) is 0 Å². The average Bonchev–Trinajstić information content (AvgIpc) is 3.38. The number of carbonyl (C=O) groups excluding carboxylic acids is 1. The highest BCUT2D eigenvalue weighted by molar-refractivity contribution is 7.89. The number of hydrogen-bond acceptors (Lipinski definition) is 8. The Kier molecular flexibility index (Phi) is 6.71. The molecule has 1 unspecified atom stereocenters. The lowest BCUT2D eigenvalue weighted by Crippen LogP contribution is -2.55. The summed E-state index contributed by atoms with van der Waals surface area (Å²) in [4.78, 5) is 21.9. The summed E-state index contributed by atoms with van der Waals surface area (Å²) in [5, 5.41) is 0. The molecule has 0 saturated carbocycles. The molecular formula is C24H24N6O3S2. The van der Waals surface area contributed by atoms with Crippen LogP contribution in [0.1, 0.15) is 5.56 Å². The van der Waals surface area contributed by atoms with E-state index in [1.165, 1.54) is 6.07 Å². The number of carbonyl (C=O) groups is 1. The minimum atomic E-state index is -4.03. The number of sulfonamides is 1. The Balaban J connectivity index is 1.37. The van der Waals surface area contributed by atoms with Crippen LogP contribution in [0, 0.1) is 0 Å². The first-order chi connectivity index (χ1) is 17.0. The Morgan fingerprint density at radius 3 is 2.46 bits per heavy atom. The molecule has 1 aliphatic heterocycles. The van der Waals surface area contributed by atoms with Crippen molar-refractivity contribution >= 4 is 44.5 Å². The summed E-state index contributed by atoms with van der Waals surface area (Å²) in [6.07, 6.45) is 1.99. The first-order valence-corrected chi connectivity index (χ1v) is 13.4. The van der Waals surface area contributed by atoms with Crippen molar-refractivity contribution in [3.63, 3.8) is 0 Å². The van der Waals surface area contributed by atoms with E-state index in [0.717, 1.165) is 23.1 Å². The maximum Gasteiger partial charge on any atom is 0.243 e. The van der Waals surface area contributed by atoms with Gasteiger partial charge in [-0.25, -0.2) is 13.4 Å². The van der Waals surface area contributed by atoms with E-state index < -0.39 is 16.1 Å². The molecule has 1 amide bonds. The van der Waals surface area contributed by atoms with Crippen LogP contribution in [0.25, 0.3) is 11.0 Å². The molecule has 180 valence electrons. The quantitative estimate of drug-likeness (QED) is 0.408. The molecule has 1 saturated heterocycles. The molecule has 0 radical (unpaired) electrons. The summed E-state index contributed by atoms with van der Waals surface area (Å²) < 4.78 is 37.8. The standard InChI is InChI=1S/C24H24N6O3S2/c31-24(30-15-13-29(14-16-30)22-11-4-5-12-25-22)20(17-18-7-2-1-3-8-18)28-35(32,33)21-10-6-9-19-23(21)27-34-26-19/h1-12,20,28H,13-17H2. The smallest absolute Gasteiger partial charge is 0.243 e. The van der Waals surface area contributed by atoms with Crippen LogP contribution in [-0.4, -0.2) is 65.2 Å². The van der Waals surface area contributed by atoms with E-state index in [1.807, 2.05) is 48.5 Å². The second kappa shape index (κ2) is 10.1. The van der Waals surface area contributed by atoms with Crippen molar-refractivity contribution in [3.05, 3.63) is 78.5 Å². The molecule has 0 spiro atoms. The molecule has 5 rings (SSSR count). The lowest BCUT2D eigenvalue weighted by atomic mass is 10.1. The molecule has 4 aromatic rings. The van der Waals surface area contributed by atoms with Gasteiger partial charge in [-0.15, -0.1) is 0 Å². The monoisotopic (exact) mass is 508 g/mol. The van der Waals surface area contributed by atoms with E-state index in [9.17, 15) is 13.2 Å². The highest BCUT2D eigenvalue weighted by Gasteiger charge is 2.32. The lowest BCUT2D eigenvalue weighted by molar-refractivity contribution is -0.133. The van der Waals surface area contributed by atoms with Gasteiger partial charge in [0.2, 0.25) is 15.9 Å². The Labute approximate surface area is 207 Å². The molecule has 9 nitrogen and oxygen atoms in total. The van der Waals surface area contributed by atoms with Gasteiger partial charge in [-0.1, -0.05) is 42.5 Å². The van der Waals surface area contributed by atoms with Crippen molar-refractivity contribution in [3.8, 4) is 0 Å². The number of nitrogens with one attached hydrogen (secondary N) is 1. The Bertz CT molecular complexity index is 1410. The van der Waals surface area contributed by atoms with Gasteiger partial charge in [-0.2, -0.15) is 13.5 Å².